The molecule has 0 aliphatic carbocycles. The highest BCUT2D eigenvalue weighted by molar-refractivity contribution is 6.42. The van der Waals surface area contributed by atoms with E-state index in [2.05, 4.69) is 15.6 Å². The van der Waals surface area contributed by atoms with Crippen LogP contribution in [0.1, 0.15) is 10.5 Å². The summed E-state index contributed by atoms with van der Waals surface area (Å²) in [7, 11) is 0. The van der Waals surface area contributed by atoms with Gasteiger partial charge in [-0.05, 0) is 18.2 Å². The number of amides is 2. The third-order valence-corrected chi connectivity index (χ3v) is 3.39. The minimum Gasteiger partial charge on any atom is -0.465 e. The van der Waals surface area contributed by atoms with Crippen molar-refractivity contribution in [3.8, 4) is 11.3 Å². The molecule has 22 heavy (non-hydrogen) atoms. The quantitative estimate of drug-likeness (QED) is 0.724. The van der Waals surface area contributed by atoms with E-state index in [1.54, 1.807) is 18.2 Å². The highest BCUT2D eigenvalue weighted by Gasteiger charge is 2.18. The number of hydrogen-bond acceptors (Lipinski definition) is 4. The molecule has 2 amide bonds. The molecule has 1 heterocycles. The van der Waals surface area contributed by atoms with E-state index in [-0.39, 0.29) is 24.5 Å². The van der Waals surface area contributed by atoms with Gasteiger partial charge in [-0.25, -0.2) is 9.78 Å². The Labute approximate surface area is 135 Å². The maximum Gasteiger partial charge on any atom is 0.404 e. The number of nitrogens with zero attached hydrogens (tertiary/aromatic N) is 1. The molecule has 0 aliphatic heterocycles. The molecule has 0 radical (unpaired) electrons. The SMILES string of the molecule is O=C(O)NCCNC(=O)c1ncoc1-c1ccc(Cl)c(Cl)c1. The minimum atomic E-state index is -1.16. The number of carboxylic acid groups (broad SMARTS) is 1. The van der Waals surface area contributed by atoms with Gasteiger partial charge in [0.25, 0.3) is 5.91 Å². The normalized spacial score (nSPS) is 10.3. The van der Waals surface area contributed by atoms with Gasteiger partial charge in [-0.15, -0.1) is 0 Å². The molecule has 7 nitrogen and oxygen atoms in total. The minimum absolute atomic E-state index is 0.0775. The molecule has 0 saturated carbocycles. The first kappa shape index (κ1) is 16.1. The van der Waals surface area contributed by atoms with E-state index in [0.29, 0.717) is 15.6 Å². The van der Waals surface area contributed by atoms with E-state index >= 15 is 0 Å². The summed E-state index contributed by atoms with van der Waals surface area (Å²) < 4.78 is 5.23. The van der Waals surface area contributed by atoms with Crippen LogP contribution < -0.4 is 10.6 Å². The van der Waals surface area contributed by atoms with Gasteiger partial charge >= 0.3 is 6.09 Å². The largest absolute Gasteiger partial charge is 0.465 e. The van der Waals surface area contributed by atoms with Gasteiger partial charge in [0.15, 0.2) is 17.8 Å². The zero-order valence-electron chi connectivity index (χ0n) is 11.1. The van der Waals surface area contributed by atoms with Gasteiger partial charge in [0.2, 0.25) is 0 Å². The highest BCUT2D eigenvalue weighted by Crippen LogP contribution is 2.30. The van der Waals surface area contributed by atoms with Crippen molar-refractivity contribution in [3.05, 3.63) is 40.3 Å². The molecule has 1 aromatic carbocycles. The highest BCUT2D eigenvalue weighted by atomic mass is 35.5. The summed E-state index contributed by atoms with van der Waals surface area (Å²) in [6.45, 7) is 0.208. The zero-order valence-corrected chi connectivity index (χ0v) is 12.6. The summed E-state index contributed by atoms with van der Waals surface area (Å²) in [5.74, 6) is -0.232. The summed E-state index contributed by atoms with van der Waals surface area (Å²) in [6.07, 6.45) is -0.0189. The van der Waals surface area contributed by atoms with Crippen LogP contribution >= 0.6 is 23.2 Å². The van der Waals surface area contributed by atoms with Crippen molar-refractivity contribution < 1.29 is 19.1 Å². The second kappa shape index (κ2) is 7.15. The van der Waals surface area contributed by atoms with Crippen molar-refractivity contribution in [2.75, 3.05) is 13.1 Å². The summed E-state index contributed by atoms with van der Waals surface area (Å²) in [5, 5.41) is 13.8. The van der Waals surface area contributed by atoms with E-state index in [1.807, 2.05) is 0 Å². The summed E-state index contributed by atoms with van der Waals surface area (Å²) in [5.41, 5.74) is 0.634. The fourth-order valence-corrected chi connectivity index (χ4v) is 1.98. The van der Waals surface area contributed by atoms with Crippen LogP contribution in [0.5, 0.6) is 0 Å². The number of hydrogen-bond donors (Lipinski definition) is 3. The first-order chi connectivity index (χ1) is 10.5. The molecule has 0 aliphatic rings. The first-order valence-electron chi connectivity index (χ1n) is 6.13. The van der Waals surface area contributed by atoms with Crippen molar-refractivity contribution in [1.29, 1.82) is 0 Å². The molecule has 0 atom stereocenters. The number of oxazole rings is 1. The average molecular weight is 344 g/mol. The Hall–Kier alpha value is -2.25. The standard InChI is InChI=1S/C13H11Cl2N3O4/c14-8-2-1-7(5-9(8)15)11-10(18-6-22-11)12(19)16-3-4-17-13(20)21/h1-2,5-6,17H,3-4H2,(H,16,19)(H,20,21). The van der Waals surface area contributed by atoms with Gasteiger partial charge in [0, 0.05) is 18.7 Å². The number of benzene rings is 1. The topological polar surface area (TPSA) is 104 Å². The fourth-order valence-electron chi connectivity index (χ4n) is 1.68. The smallest absolute Gasteiger partial charge is 0.404 e. The Morgan fingerprint density at radius 1 is 1.18 bits per heavy atom. The Bertz CT molecular complexity index is 702. The molecule has 116 valence electrons. The second-order valence-corrected chi connectivity index (χ2v) is 4.96. The molecule has 0 fully saturated rings. The number of carbonyl (C=O) groups excluding carboxylic acids is 1. The van der Waals surface area contributed by atoms with E-state index in [1.165, 1.54) is 0 Å². The molecule has 0 bridgehead atoms. The number of aromatic nitrogens is 1. The zero-order chi connectivity index (χ0) is 16.1. The molecule has 0 unspecified atom stereocenters. The molecule has 9 heteroatoms. The molecule has 2 aromatic rings. The van der Waals surface area contributed by atoms with Crippen molar-refractivity contribution in [2.45, 2.75) is 0 Å². The average Bonchev–Trinajstić information content (AvgIpc) is 2.95. The maximum absolute atomic E-state index is 12.0. The van der Waals surface area contributed by atoms with Gasteiger partial charge in [-0.1, -0.05) is 23.2 Å². The molecule has 1 aromatic heterocycles. The van der Waals surface area contributed by atoms with Gasteiger partial charge in [-0.3, -0.25) is 4.79 Å². The van der Waals surface area contributed by atoms with Gasteiger partial charge in [-0.2, -0.15) is 0 Å². The molecule has 0 saturated heterocycles. The Kier molecular flexibility index (Phi) is 5.24. The lowest BCUT2D eigenvalue weighted by Crippen LogP contribution is -2.34. The van der Waals surface area contributed by atoms with Crippen LogP contribution in [-0.2, 0) is 0 Å². The monoisotopic (exact) mass is 343 g/mol. The lowest BCUT2D eigenvalue weighted by molar-refractivity contribution is 0.0949. The molecule has 0 spiro atoms. The van der Waals surface area contributed by atoms with Gasteiger partial charge in [0.05, 0.1) is 10.0 Å². The predicted molar refractivity (Wildman–Crippen MR) is 80.3 cm³/mol. The van der Waals surface area contributed by atoms with Crippen molar-refractivity contribution >= 4 is 35.2 Å². The number of rotatable bonds is 5. The van der Waals surface area contributed by atoms with E-state index in [0.717, 1.165) is 6.39 Å². The molecule has 3 N–H and O–H groups in total. The summed E-state index contributed by atoms with van der Waals surface area (Å²) in [6, 6.07) is 4.80. The third kappa shape index (κ3) is 3.90. The number of nitrogens with one attached hydrogen (secondary N) is 2. The van der Waals surface area contributed by atoms with Crippen LogP contribution in [0.2, 0.25) is 10.0 Å². The summed E-state index contributed by atoms with van der Waals surface area (Å²) >= 11 is 11.8. The maximum atomic E-state index is 12.0. The number of carbonyl (C=O) groups is 2. The summed E-state index contributed by atoms with van der Waals surface area (Å²) in [4.78, 5) is 26.2. The van der Waals surface area contributed by atoms with E-state index in [4.69, 9.17) is 32.7 Å². The molecule has 2 rings (SSSR count). The van der Waals surface area contributed by atoms with Gasteiger partial charge < -0.3 is 20.2 Å². The Morgan fingerprint density at radius 2 is 1.91 bits per heavy atom. The van der Waals surface area contributed by atoms with Crippen LogP contribution in [0, 0.1) is 0 Å². The van der Waals surface area contributed by atoms with Crippen molar-refractivity contribution in [2.24, 2.45) is 0 Å². The second-order valence-electron chi connectivity index (χ2n) is 4.15. The van der Waals surface area contributed by atoms with E-state index in [9.17, 15) is 9.59 Å². The van der Waals surface area contributed by atoms with Gasteiger partial charge in [0.1, 0.15) is 0 Å². The van der Waals surface area contributed by atoms with Crippen LogP contribution in [0.3, 0.4) is 0 Å². The number of halogens is 2. The lowest BCUT2D eigenvalue weighted by Gasteiger charge is -2.05. The van der Waals surface area contributed by atoms with Crippen LogP contribution in [0.15, 0.2) is 29.0 Å². The Morgan fingerprint density at radius 3 is 2.59 bits per heavy atom. The Balaban J connectivity index is 2.10. The lowest BCUT2D eigenvalue weighted by atomic mass is 10.1. The van der Waals surface area contributed by atoms with E-state index < -0.39 is 12.0 Å². The van der Waals surface area contributed by atoms with Crippen LogP contribution in [0.4, 0.5) is 4.79 Å². The van der Waals surface area contributed by atoms with Crippen LogP contribution in [0.25, 0.3) is 11.3 Å². The predicted octanol–water partition coefficient (Wildman–Crippen LogP) is 2.65. The molecular weight excluding hydrogens is 333 g/mol. The first-order valence-corrected chi connectivity index (χ1v) is 6.88. The van der Waals surface area contributed by atoms with Crippen molar-refractivity contribution in [1.82, 2.24) is 15.6 Å². The van der Waals surface area contributed by atoms with Crippen LogP contribution in [-0.4, -0.2) is 35.2 Å². The molecular formula is C13H11Cl2N3O4. The van der Waals surface area contributed by atoms with Crippen molar-refractivity contribution in [3.63, 3.8) is 0 Å². The third-order valence-electron chi connectivity index (χ3n) is 2.65. The fraction of sp³-hybridized carbons (Fsp3) is 0.154.